The normalized spacial score (nSPS) is 11.5. The fraction of sp³-hybridized carbons (Fsp3) is 0.571. The molecule has 0 atom stereocenters. The molecule has 120 valence electrons. The number of nitrogens with two attached hydrogens (primary N) is 1. The van der Waals surface area contributed by atoms with Crippen molar-refractivity contribution in [3.63, 3.8) is 0 Å². The van der Waals surface area contributed by atoms with Gasteiger partial charge in [0.25, 0.3) is 0 Å². The molecule has 0 aromatic heterocycles. The van der Waals surface area contributed by atoms with Crippen LogP contribution in [-0.2, 0) is 14.8 Å². The van der Waals surface area contributed by atoms with E-state index in [4.69, 9.17) is 15.2 Å². The van der Waals surface area contributed by atoms with E-state index in [-0.39, 0.29) is 10.6 Å². The fourth-order valence-electron chi connectivity index (χ4n) is 1.71. The van der Waals surface area contributed by atoms with Gasteiger partial charge in [0, 0.05) is 25.8 Å². The molecular formula is C14H24N2O4S. The summed E-state index contributed by atoms with van der Waals surface area (Å²) in [6.07, 6.45) is 2.73. The summed E-state index contributed by atoms with van der Waals surface area (Å²) in [5.74, 6) is 0.524. The molecule has 0 heterocycles. The number of anilines is 1. The van der Waals surface area contributed by atoms with Crippen molar-refractivity contribution < 1.29 is 17.9 Å². The number of sulfonamides is 1. The SMILES string of the molecule is CCCCOCCCNS(=O)(=O)c1ccc(OC)cc1N. The monoisotopic (exact) mass is 316 g/mol. The van der Waals surface area contributed by atoms with Crippen LogP contribution in [0.15, 0.2) is 23.1 Å². The van der Waals surface area contributed by atoms with Crippen LogP contribution in [-0.4, -0.2) is 35.3 Å². The molecule has 7 heteroatoms. The lowest BCUT2D eigenvalue weighted by molar-refractivity contribution is 0.130. The first-order valence-electron chi connectivity index (χ1n) is 7.02. The maximum atomic E-state index is 12.1. The third-order valence-electron chi connectivity index (χ3n) is 2.91. The van der Waals surface area contributed by atoms with E-state index in [0.29, 0.717) is 31.9 Å². The van der Waals surface area contributed by atoms with Crippen molar-refractivity contribution >= 4 is 15.7 Å². The van der Waals surface area contributed by atoms with Gasteiger partial charge in [-0.1, -0.05) is 13.3 Å². The molecule has 0 fully saturated rings. The van der Waals surface area contributed by atoms with Crippen molar-refractivity contribution in [3.8, 4) is 5.75 Å². The summed E-state index contributed by atoms with van der Waals surface area (Å²) < 4.78 is 37.1. The molecule has 0 saturated carbocycles. The first-order valence-corrected chi connectivity index (χ1v) is 8.50. The Hall–Kier alpha value is -1.31. The number of methoxy groups -OCH3 is 1. The molecule has 0 aliphatic rings. The van der Waals surface area contributed by atoms with Gasteiger partial charge < -0.3 is 15.2 Å². The minimum Gasteiger partial charge on any atom is -0.497 e. The Kier molecular flexibility index (Phi) is 7.49. The van der Waals surface area contributed by atoms with Gasteiger partial charge >= 0.3 is 0 Å². The molecule has 3 N–H and O–H groups in total. The van der Waals surface area contributed by atoms with Crippen molar-refractivity contribution in [2.24, 2.45) is 0 Å². The molecule has 0 amide bonds. The third-order valence-corrected chi connectivity index (χ3v) is 4.44. The summed E-state index contributed by atoms with van der Waals surface area (Å²) in [5, 5.41) is 0. The summed E-state index contributed by atoms with van der Waals surface area (Å²) in [7, 11) is -2.10. The number of ether oxygens (including phenoxy) is 2. The molecule has 0 radical (unpaired) electrons. The van der Waals surface area contributed by atoms with Crippen LogP contribution in [0.1, 0.15) is 26.2 Å². The third kappa shape index (κ3) is 5.91. The van der Waals surface area contributed by atoms with Crippen LogP contribution >= 0.6 is 0 Å². The van der Waals surface area contributed by atoms with Crippen molar-refractivity contribution in [2.75, 3.05) is 32.6 Å². The van der Waals surface area contributed by atoms with Gasteiger partial charge in [-0.15, -0.1) is 0 Å². The quantitative estimate of drug-likeness (QED) is 0.507. The molecular weight excluding hydrogens is 292 g/mol. The predicted octanol–water partition coefficient (Wildman–Crippen LogP) is 1.76. The lowest BCUT2D eigenvalue weighted by Gasteiger charge is -2.10. The summed E-state index contributed by atoms with van der Waals surface area (Å²) in [6.45, 7) is 3.67. The summed E-state index contributed by atoms with van der Waals surface area (Å²) in [5.41, 5.74) is 5.91. The van der Waals surface area contributed by atoms with Crippen molar-refractivity contribution in [3.05, 3.63) is 18.2 Å². The highest BCUT2D eigenvalue weighted by molar-refractivity contribution is 7.89. The van der Waals surface area contributed by atoms with Gasteiger partial charge in [0.05, 0.1) is 12.8 Å². The average Bonchev–Trinajstić information content (AvgIpc) is 2.45. The lowest BCUT2D eigenvalue weighted by atomic mass is 10.3. The Morgan fingerprint density at radius 3 is 2.57 bits per heavy atom. The summed E-state index contributed by atoms with van der Waals surface area (Å²) in [6, 6.07) is 4.50. The maximum absolute atomic E-state index is 12.1. The van der Waals surface area contributed by atoms with E-state index in [0.717, 1.165) is 12.8 Å². The molecule has 1 aromatic rings. The summed E-state index contributed by atoms with van der Waals surface area (Å²) in [4.78, 5) is 0.0650. The second-order valence-electron chi connectivity index (χ2n) is 4.62. The molecule has 0 spiro atoms. The molecule has 0 bridgehead atoms. The topological polar surface area (TPSA) is 90.6 Å². The number of benzene rings is 1. The Bertz CT molecular complexity index is 532. The zero-order chi connectivity index (χ0) is 15.7. The second kappa shape index (κ2) is 8.86. The van der Waals surface area contributed by atoms with Crippen LogP contribution in [0.2, 0.25) is 0 Å². The minimum atomic E-state index is -3.60. The number of unbranched alkanes of at least 4 members (excludes halogenated alkanes) is 1. The van der Waals surface area contributed by atoms with Crippen LogP contribution in [0, 0.1) is 0 Å². The van der Waals surface area contributed by atoms with Crippen molar-refractivity contribution in [2.45, 2.75) is 31.1 Å². The highest BCUT2D eigenvalue weighted by atomic mass is 32.2. The molecule has 0 aliphatic carbocycles. The standard InChI is InChI=1S/C14H24N2O4S/c1-3-4-9-20-10-5-8-16-21(17,18)14-7-6-12(19-2)11-13(14)15/h6-7,11,16H,3-5,8-10,15H2,1-2H3. The van der Waals surface area contributed by atoms with E-state index in [2.05, 4.69) is 11.6 Å². The van der Waals surface area contributed by atoms with E-state index in [9.17, 15) is 8.42 Å². The molecule has 21 heavy (non-hydrogen) atoms. The first kappa shape index (κ1) is 17.7. The number of rotatable bonds is 10. The fourth-order valence-corrected chi connectivity index (χ4v) is 2.89. The van der Waals surface area contributed by atoms with Crippen LogP contribution in [0.25, 0.3) is 0 Å². The van der Waals surface area contributed by atoms with Crippen LogP contribution < -0.4 is 15.2 Å². The molecule has 6 nitrogen and oxygen atoms in total. The highest BCUT2D eigenvalue weighted by Crippen LogP contribution is 2.23. The minimum absolute atomic E-state index is 0.0650. The van der Waals surface area contributed by atoms with Gasteiger partial charge in [-0.2, -0.15) is 0 Å². The number of hydrogen-bond donors (Lipinski definition) is 2. The van der Waals surface area contributed by atoms with Gasteiger partial charge in [0.1, 0.15) is 10.6 Å². The molecule has 0 saturated heterocycles. The Morgan fingerprint density at radius 2 is 1.95 bits per heavy atom. The maximum Gasteiger partial charge on any atom is 0.242 e. The van der Waals surface area contributed by atoms with E-state index in [1.165, 1.54) is 19.2 Å². The Labute approximate surface area is 126 Å². The largest absolute Gasteiger partial charge is 0.497 e. The van der Waals surface area contributed by atoms with Crippen LogP contribution in [0.4, 0.5) is 5.69 Å². The lowest BCUT2D eigenvalue weighted by Crippen LogP contribution is -2.26. The molecule has 0 aliphatic heterocycles. The smallest absolute Gasteiger partial charge is 0.242 e. The van der Waals surface area contributed by atoms with Gasteiger partial charge in [-0.25, -0.2) is 13.1 Å². The van der Waals surface area contributed by atoms with Gasteiger partial charge in [0.2, 0.25) is 10.0 Å². The van der Waals surface area contributed by atoms with Crippen LogP contribution in [0.5, 0.6) is 5.75 Å². The molecule has 0 unspecified atom stereocenters. The average molecular weight is 316 g/mol. The highest BCUT2D eigenvalue weighted by Gasteiger charge is 2.17. The van der Waals surface area contributed by atoms with E-state index in [1.54, 1.807) is 6.07 Å². The zero-order valence-corrected chi connectivity index (χ0v) is 13.4. The van der Waals surface area contributed by atoms with E-state index >= 15 is 0 Å². The van der Waals surface area contributed by atoms with Crippen LogP contribution in [0.3, 0.4) is 0 Å². The number of nitrogens with one attached hydrogen (secondary N) is 1. The van der Waals surface area contributed by atoms with Crippen molar-refractivity contribution in [1.82, 2.24) is 4.72 Å². The zero-order valence-electron chi connectivity index (χ0n) is 12.6. The predicted molar refractivity (Wildman–Crippen MR) is 82.9 cm³/mol. The summed E-state index contributed by atoms with van der Waals surface area (Å²) >= 11 is 0. The number of hydrogen-bond acceptors (Lipinski definition) is 5. The Morgan fingerprint density at radius 1 is 1.24 bits per heavy atom. The van der Waals surface area contributed by atoms with Gasteiger partial charge in [-0.05, 0) is 25.0 Å². The molecule has 1 aromatic carbocycles. The first-order chi connectivity index (χ1) is 10.0. The number of nitrogen functional groups attached to an aromatic ring is 1. The second-order valence-corrected chi connectivity index (χ2v) is 6.36. The van der Waals surface area contributed by atoms with Gasteiger partial charge in [0.15, 0.2) is 0 Å². The van der Waals surface area contributed by atoms with E-state index < -0.39 is 10.0 Å². The molecule has 1 rings (SSSR count). The Balaban J connectivity index is 2.46. The van der Waals surface area contributed by atoms with E-state index in [1.807, 2.05) is 0 Å². The van der Waals surface area contributed by atoms with Crippen molar-refractivity contribution in [1.29, 1.82) is 0 Å². The van der Waals surface area contributed by atoms with Gasteiger partial charge in [-0.3, -0.25) is 0 Å².